The fraction of sp³-hybridized carbons (Fsp3) is 0.969. The molecule has 0 aromatic carbocycles. The number of nitrogens with one attached hydrogen (secondary N) is 3. The number of nitriles is 1. The molecule has 0 aliphatic heterocycles. The molecule has 0 spiro atoms. The highest BCUT2D eigenvalue weighted by Crippen LogP contribution is 2.41. The van der Waals surface area contributed by atoms with Crippen LogP contribution in [-0.2, 0) is 0 Å². The lowest BCUT2D eigenvalue weighted by atomic mass is 9.91. The monoisotopic (exact) mass is 657 g/mol. The lowest BCUT2D eigenvalue weighted by Crippen LogP contribution is -2.39. The molecule has 0 aromatic heterocycles. The minimum Gasteiger partial charge on any atom is -0.315 e. The molecule has 0 atom stereocenters. The molecular formula is C32H64F8N4. The quantitative estimate of drug-likeness (QED) is 0.154. The molecule has 0 rings (SSSR count). The third-order valence-electron chi connectivity index (χ3n) is 5.76. The van der Waals surface area contributed by atoms with E-state index in [0.717, 1.165) is 31.7 Å². The predicted octanol–water partition coefficient (Wildman–Crippen LogP) is 10.1. The van der Waals surface area contributed by atoms with Gasteiger partial charge >= 0.3 is 12.4 Å². The highest BCUT2D eigenvalue weighted by Gasteiger charge is 2.55. The van der Waals surface area contributed by atoms with Crippen molar-refractivity contribution in [3.8, 4) is 6.07 Å². The van der Waals surface area contributed by atoms with Crippen LogP contribution in [0.25, 0.3) is 0 Å². The van der Waals surface area contributed by atoms with E-state index in [2.05, 4.69) is 63.6 Å². The first-order valence-electron chi connectivity index (χ1n) is 15.7. The van der Waals surface area contributed by atoms with Crippen molar-refractivity contribution in [2.75, 3.05) is 19.6 Å². The number of nitrogens with zero attached hydrogens (tertiary/aromatic N) is 1. The van der Waals surface area contributed by atoms with Gasteiger partial charge in [0.05, 0.1) is 18.0 Å². The second-order valence-electron chi connectivity index (χ2n) is 13.7. The van der Waals surface area contributed by atoms with E-state index in [4.69, 9.17) is 5.26 Å². The molecule has 0 aliphatic carbocycles. The van der Waals surface area contributed by atoms with E-state index in [1.807, 2.05) is 27.7 Å². The van der Waals surface area contributed by atoms with Crippen molar-refractivity contribution in [3.05, 3.63) is 0 Å². The molecule has 4 nitrogen and oxygen atoms in total. The molecule has 0 heterocycles. The van der Waals surface area contributed by atoms with E-state index >= 15 is 0 Å². The number of rotatable bonds is 15. The summed E-state index contributed by atoms with van der Waals surface area (Å²) in [6.45, 7) is 25.6. The standard InChI is InChI=1S/C9H18N2.C9H20.C8H13F6N.C6H13F2N/c1-8(2)11-6-5-9(3,4)7-10;1-8(2)6-5-7-9(3)4;1-5(2)15-4-3-6(7(9,10)11)8(12,13)14;1-5(2)9-4-6(3,7)8/h8,11H,5-6H2,1-4H3;8-9H,5-7H2,1-4H3;5-6,15H,3-4H2,1-2H3;5,9H,4H2,1-3H3. The Hall–Kier alpha value is -1.19. The lowest BCUT2D eigenvalue weighted by molar-refractivity contribution is -0.285. The smallest absolute Gasteiger partial charge is 0.315 e. The van der Waals surface area contributed by atoms with Gasteiger partial charge in [-0.25, -0.2) is 8.78 Å². The van der Waals surface area contributed by atoms with Crippen LogP contribution in [0.2, 0.25) is 0 Å². The molecule has 0 saturated heterocycles. The zero-order valence-electron chi connectivity index (χ0n) is 29.6. The Labute approximate surface area is 263 Å². The van der Waals surface area contributed by atoms with Crippen molar-refractivity contribution in [1.82, 2.24) is 16.0 Å². The number of hydrogen-bond donors (Lipinski definition) is 3. The van der Waals surface area contributed by atoms with E-state index in [0.29, 0.717) is 6.04 Å². The molecule has 0 radical (unpaired) electrons. The fourth-order valence-corrected chi connectivity index (χ4v) is 3.08. The van der Waals surface area contributed by atoms with Crippen LogP contribution < -0.4 is 16.0 Å². The van der Waals surface area contributed by atoms with Crippen LogP contribution in [0.5, 0.6) is 0 Å². The molecule has 3 N–H and O–H groups in total. The summed E-state index contributed by atoms with van der Waals surface area (Å²) in [6.07, 6.45) is -6.30. The number of alkyl halides is 8. The topological polar surface area (TPSA) is 59.9 Å². The SMILES string of the molecule is CC(C)CCCC(C)C.CC(C)NCC(C)(F)F.CC(C)NCCC(C(F)(F)F)C(F)(F)F.CC(C)NCCC(C)(C)C#N. The molecule has 0 bridgehead atoms. The normalized spacial score (nSPS) is 12.6. The molecular weight excluding hydrogens is 592 g/mol. The number of hydrogen-bond acceptors (Lipinski definition) is 4. The molecule has 0 fully saturated rings. The Bertz CT molecular complexity index is 668. The van der Waals surface area contributed by atoms with Gasteiger partial charge in [-0.15, -0.1) is 0 Å². The van der Waals surface area contributed by atoms with Gasteiger partial charge in [0.15, 0.2) is 5.92 Å². The average molecular weight is 657 g/mol. The lowest BCUT2D eigenvalue weighted by Gasteiger charge is -2.23. The third-order valence-corrected chi connectivity index (χ3v) is 5.76. The minimum absolute atomic E-state index is 0.132. The van der Waals surface area contributed by atoms with Gasteiger partial charge in [0.25, 0.3) is 5.92 Å². The molecule has 12 heteroatoms. The second-order valence-corrected chi connectivity index (χ2v) is 13.7. The molecule has 268 valence electrons. The summed E-state index contributed by atoms with van der Waals surface area (Å²) in [7, 11) is 0. The van der Waals surface area contributed by atoms with Crippen molar-refractivity contribution in [1.29, 1.82) is 5.26 Å². The van der Waals surface area contributed by atoms with Gasteiger partial charge in [-0.2, -0.15) is 31.6 Å². The van der Waals surface area contributed by atoms with Crippen LogP contribution in [0.4, 0.5) is 35.1 Å². The van der Waals surface area contributed by atoms with Gasteiger partial charge in [0.2, 0.25) is 0 Å². The van der Waals surface area contributed by atoms with Gasteiger partial charge < -0.3 is 16.0 Å². The van der Waals surface area contributed by atoms with Crippen LogP contribution in [0.3, 0.4) is 0 Å². The van der Waals surface area contributed by atoms with Crippen LogP contribution in [-0.4, -0.2) is 56.0 Å². The third kappa shape index (κ3) is 42.9. The van der Waals surface area contributed by atoms with Crippen molar-refractivity contribution in [2.45, 2.75) is 159 Å². The average Bonchev–Trinajstić information content (AvgIpc) is 2.79. The van der Waals surface area contributed by atoms with E-state index in [1.54, 1.807) is 13.8 Å². The van der Waals surface area contributed by atoms with Gasteiger partial charge in [-0.05, 0) is 51.6 Å². The van der Waals surface area contributed by atoms with Crippen molar-refractivity contribution >= 4 is 0 Å². The maximum atomic E-state index is 12.0. The first-order valence-corrected chi connectivity index (χ1v) is 15.7. The van der Waals surface area contributed by atoms with E-state index in [-0.39, 0.29) is 30.6 Å². The summed E-state index contributed by atoms with van der Waals surface area (Å²) in [5.74, 6) is -4.03. The van der Waals surface area contributed by atoms with E-state index in [1.165, 1.54) is 19.3 Å². The van der Waals surface area contributed by atoms with E-state index in [9.17, 15) is 35.1 Å². The molecule has 44 heavy (non-hydrogen) atoms. The van der Waals surface area contributed by atoms with Crippen LogP contribution in [0.1, 0.15) is 122 Å². The zero-order chi connectivity index (χ0) is 35.9. The summed E-state index contributed by atoms with van der Waals surface area (Å²) in [6, 6.07) is 2.80. The van der Waals surface area contributed by atoms with Crippen LogP contribution in [0.15, 0.2) is 0 Å². The Kier molecular flexibility index (Phi) is 28.2. The van der Waals surface area contributed by atoms with Crippen LogP contribution >= 0.6 is 0 Å². The van der Waals surface area contributed by atoms with Gasteiger partial charge in [-0.3, -0.25) is 0 Å². The Morgan fingerprint density at radius 3 is 1.18 bits per heavy atom. The summed E-state index contributed by atoms with van der Waals surface area (Å²) in [5, 5.41) is 17.1. The molecule has 0 unspecified atom stereocenters. The highest BCUT2D eigenvalue weighted by atomic mass is 19.4. The maximum Gasteiger partial charge on any atom is 0.400 e. The van der Waals surface area contributed by atoms with Crippen molar-refractivity contribution < 1.29 is 35.1 Å². The Balaban J connectivity index is -0.000000249. The zero-order valence-corrected chi connectivity index (χ0v) is 29.6. The first-order chi connectivity index (χ1) is 19.6. The van der Waals surface area contributed by atoms with E-state index < -0.39 is 30.6 Å². The summed E-state index contributed by atoms with van der Waals surface area (Å²) < 4.78 is 96.0. The van der Waals surface area contributed by atoms with Gasteiger partial charge in [0.1, 0.15) is 0 Å². The molecule has 0 aromatic rings. The molecule has 0 amide bonds. The highest BCUT2D eigenvalue weighted by molar-refractivity contribution is 4.91. The summed E-state index contributed by atoms with van der Waals surface area (Å²) >= 11 is 0. The molecule has 0 saturated carbocycles. The largest absolute Gasteiger partial charge is 0.400 e. The van der Waals surface area contributed by atoms with Crippen molar-refractivity contribution in [2.24, 2.45) is 23.2 Å². The van der Waals surface area contributed by atoms with Crippen LogP contribution in [0, 0.1) is 34.5 Å². The number of halogens is 8. The first kappa shape index (κ1) is 49.7. The van der Waals surface area contributed by atoms with Crippen molar-refractivity contribution in [3.63, 3.8) is 0 Å². The summed E-state index contributed by atoms with van der Waals surface area (Å²) in [4.78, 5) is 0. The van der Waals surface area contributed by atoms with Gasteiger partial charge in [-0.1, -0.05) is 88.5 Å². The second kappa shape index (κ2) is 25.0. The Morgan fingerprint density at radius 1 is 0.568 bits per heavy atom. The minimum atomic E-state index is -5.23. The fourth-order valence-electron chi connectivity index (χ4n) is 3.08. The Morgan fingerprint density at radius 2 is 0.932 bits per heavy atom. The molecule has 0 aliphatic rings. The summed E-state index contributed by atoms with van der Waals surface area (Å²) in [5.41, 5.74) is -0.179. The van der Waals surface area contributed by atoms with Gasteiger partial charge in [0, 0.05) is 25.0 Å². The maximum absolute atomic E-state index is 12.0. The predicted molar refractivity (Wildman–Crippen MR) is 168 cm³/mol.